The maximum atomic E-state index is 12.3. The number of nitrogens with zero attached hydrogens (tertiary/aromatic N) is 1. The molecule has 0 radical (unpaired) electrons. The Hall–Kier alpha value is -3.29. The van der Waals surface area contributed by atoms with E-state index in [2.05, 4.69) is 4.84 Å². The number of unbranched alkanes of at least 4 members (excludes halogenated alkanes) is 2. The number of hydrogen-bond acceptors (Lipinski definition) is 7. The zero-order valence-electron chi connectivity index (χ0n) is 16.3. The van der Waals surface area contributed by atoms with E-state index in [0.29, 0.717) is 17.2 Å². The molecule has 154 valence electrons. The van der Waals surface area contributed by atoms with Gasteiger partial charge in [-0.25, -0.2) is 4.79 Å². The molecule has 0 aliphatic carbocycles. The molecule has 0 bridgehead atoms. The SMILES string of the molecule is CC(C)(CCCCCO[N+](=O)[O-])c1cc(O)c2c(c1)oc(=O)c1ccc(O)cc12. The highest BCUT2D eigenvalue weighted by Gasteiger charge is 2.23. The fraction of sp³-hybridized carbons (Fsp3) is 0.381. The number of phenols is 2. The first-order valence-electron chi connectivity index (χ1n) is 9.39. The average Bonchev–Trinajstić information content (AvgIpc) is 2.63. The third kappa shape index (κ3) is 4.42. The van der Waals surface area contributed by atoms with Crippen LogP contribution >= 0.6 is 0 Å². The van der Waals surface area contributed by atoms with E-state index >= 15 is 0 Å². The topological polar surface area (TPSA) is 123 Å². The summed E-state index contributed by atoms with van der Waals surface area (Å²) in [6, 6.07) is 7.70. The van der Waals surface area contributed by atoms with Crippen molar-refractivity contribution < 1.29 is 24.6 Å². The van der Waals surface area contributed by atoms with Gasteiger partial charge in [-0.15, -0.1) is 10.1 Å². The lowest BCUT2D eigenvalue weighted by molar-refractivity contribution is -0.757. The second-order valence-electron chi connectivity index (χ2n) is 7.74. The van der Waals surface area contributed by atoms with Crippen LogP contribution in [0.15, 0.2) is 39.5 Å². The van der Waals surface area contributed by atoms with Gasteiger partial charge in [0.1, 0.15) is 17.1 Å². The summed E-state index contributed by atoms with van der Waals surface area (Å²) < 4.78 is 5.43. The maximum absolute atomic E-state index is 12.3. The lowest BCUT2D eigenvalue weighted by atomic mass is 9.79. The van der Waals surface area contributed by atoms with Gasteiger partial charge in [-0.3, -0.25) is 0 Å². The van der Waals surface area contributed by atoms with Crippen LogP contribution in [0.4, 0.5) is 0 Å². The van der Waals surface area contributed by atoms with E-state index in [1.54, 1.807) is 12.1 Å². The highest BCUT2D eigenvalue weighted by molar-refractivity contribution is 6.08. The van der Waals surface area contributed by atoms with E-state index in [4.69, 9.17) is 4.42 Å². The summed E-state index contributed by atoms with van der Waals surface area (Å²) in [4.78, 5) is 26.8. The van der Waals surface area contributed by atoms with Crippen LogP contribution in [-0.2, 0) is 10.3 Å². The molecule has 2 aromatic carbocycles. The predicted molar refractivity (Wildman–Crippen MR) is 108 cm³/mol. The van der Waals surface area contributed by atoms with Gasteiger partial charge in [0.05, 0.1) is 17.4 Å². The van der Waals surface area contributed by atoms with Crippen LogP contribution in [0.3, 0.4) is 0 Å². The average molecular weight is 401 g/mol. The summed E-state index contributed by atoms with van der Waals surface area (Å²) in [7, 11) is 0. The van der Waals surface area contributed by atoms with Gasteiger partial charge < -0.3 is 19.5 Å². The lowest BCUT2D eigenvalue weighted by Gasteiger charge is -2.26. The Morgan fingerprint density at radius 3 is 2.59 bits per heavy atom. The highest BCUT2D eigenvalue weighted by Crippen LogP contribution is 2.38. The van der Waals surface area contributed by atoms with Crippen molar-refractivity contribution in [1.82, 2.24) is 0 Å². The van der Waals surface area contributed by atoms with E-state index in [-0.39, 0.29) is 34.5 Å². The van der Waals surface area contributed by atoms with Gasteiger partial charge in [0.15, 0.2) is 0 Å². The number of rotatable bonds is 8. The van der Waals surface area contributed by atoms with Gasteiger partial charge in [-0.2, -0.15) is 0 Å². The molecule has 8 nitrogen and oxygen atoms in total. The highest BCUT2D eigenvalue weighted by atomic mass is 16.9. The normalized spacial score (nSPS) is 11.8. The second kappa shape index (κ2) is 7.98. The maximum Gasteiger partial charge on any atom is 0.344 e. The summed E-state index contributed by atoms with van der Waals surface area (Å²) in [5.74, 6) is -0.0291. The molecule has 29 heavy (non-hydrogen) atoms. The number of hydrogen-bond donors (Lipinski definition) is 2. The molecule has 1 heterocycles. The van der Waals surface area contributed by atoms with Gasteiger partial charge in [0, 0.05) is 5.39 Å². The van der Waals surface area contributed by atoms with Crippen molar-refractivity contribution in [2.75, 3.05) is 6.61 Å². The van der Waals surface area contributed by atoms with E-state index < -0.39 is 10.7 Å². The van der Waals surface area contributed by atoms with Crippen molar-refractivity contribution in [2.24, 2.45) is 0 Å². The summed E-state index contributed by atoms with van der Waals surface area (Å²) >= 11 is 0. The minimum Gasteiger partial charge on any atom is -0.508 e. The van der Waals surface area contributed by atoms with E-state index in [9.17, 15) is 25.1 Å². The second-order valence-corrected chi connectivity index (χ2v) is 7.74. The van der Waals surface area contributed by atoms with Crippen molar-refractivity contribution in [3.8, 4) is 11.5 Å². The van der Waals surface area contributed by atoms with Gasteiger partial charge in [0.25, 0.3) is 5.09 Å². The number of fused-ring (bicyclic) bond motifs is 3. The molecule has 3 rings (SSSR count). The van der Waals surface area contributed by atoms with Crippen molar-refractivity contribution in [2.45, 2.75) is 44.9 Å². The van der Waals surface area contributed by atoms with Crippen molar-refractivity contribution in [1.29, 1.82) is 0 Å². The van der Waals surface area contributed by atoms with Crippen LogP contribution in [0.25, 0.3) is 21.7 Å². The zero-order valence-corrected chi connectivity index (χ0v) is 16.3. The monoisotopic (exact) mass is 401 g/mol. The quantitative estimate of drug-likeness (QED) is 0.188. The summed E-state index contributed by atoms with van der Waals surface area (Å²) in [6.07, 6.45) is 2.96. The third-order valence-electron chi connectivity index (χ3n) is 5.20. The molecular weight excluding hydrogens is 378 g/mol. The molecular formula is C21H23NO7. The van der Waals surface area contributed by atoms with Crippen LogP contribution in [0, 0.1) is 10.1 Å². The number of phenolic OH excluding ortho intramolecular Hbond substituents is 2. The Morgan fingerprint density at radius 1 is 1.10 bits per heavy atom. The number of aromatic hydroxyl groups is 2. The standard InChI is InChI=1S/C21H23NO7/c1-21(2,8-4-3-5-9-28-22(26)27)13-10-17(24)19-16-12-14(23)6-7-15(16)20(25)29-18(19)11-13/h6-7,10-12,23-24H,3-5,8-9H2,1-2H3. The first-order valence-corrected chi connectivity index (χ1v) is 9.39. The first kappa shape index (κ1) is 20.4. The third-order valence-corrected chi connectivity index (χ3v) is 5.20. The molecule has 0 saturated carbocycles. The van der Waals surface area contributed by atoms with Gasteiger partial charge in [0.2, 0.25) is 0 Å². The Bertz CT molecular complexity index is 1120. The molecule has 0 fully saturated rings. The number of benzene rings is 2. The smallest absolute Gasteiger partial charge is 0.344 e. The van der Waals surface area contributed by atoms with E-state index in [0.717, 1.165) is 24.8 Å². The minimum atomic E-state index is -0.793. The van der Waals surface area contributed by atoms with E-state index in [1.807, 2.05) is 13.8 Å². The summed E-state index contributed by atoms with van der Waals surface area (Å²) in [5, 5.41) is 30.9. The lowest BCUT2D eigenvalue weighted by Crippen LogP contribution is -2.17. The molecule has 0 unspecified atom stereocenters. The minimum absolute atomic E-state index is 0.00531. The van der Waals surface area contributed by atoms with Gasteiger partial charge in [-0.1, -0.05) is 26.7 Å². The van der Waals surface area contributed by atoms with Crippen molar-refractivity contribution in [3.63, 3.8) is 0 Å². The Balaban J connectivity index is 1.87. The molecule has 0 spiro atoms. The Morgan fingerprint density at radius 2 is 1.86 bits per heavy atom. The molecule has 1 aromatic heterocycles. The molecule has 0 aliphatic heterocycles. The summed E-state index contributed by atoms with van der Waals surface area (Å²) in [6.45, 7) is 4.12. The molecule has 3 aromatic rings. The molecule has 0 aliphatic rings. The van der Waals surface area contributed by atoms with Crippen LogP contribution in [0.5, 0.6) is 11.5 Å². The Labute approximate surface area is 166 Å². The predicted octanol–water partition coefficient (Wildman–Crippen LogP) is 4.40. The zero-order chi connectivity index (χ0) is 21.2. The van der Waals surface area contributed by atoms with Crippen LogP contribution in [0.2, 0.25) is 0 Å². The molecule has 8 heteroatoms. The molecule has 2 N–H and O–H groups in total. The van der Waals surface area contributed by atoms with Gasteiger partial charge >= 0.3 is 5.63 Å². The van der Waals surface area contributed by atoms with Crippen molar-refractivity contribution in [3.05, 3.63) is 56.4 Å². The van der Waals surface area contributed by atoms with Crippen LogP contribution in [-0.4, -0.2) is 21.9 Å². The van der Waals surface area contributed by atoms with Crippen LogP contribution < -0.4 is 5.63 Å². The first-order chi connectivity index (χ1) is 13.7. The Kier molecular flexibility index (Phi) is 5.63. The van der Waals surface area contributed by atoms with E-state index in [1.165, 1.54) is 18.2 Å². The van der Waals surface area contributed by atoms with Crippen LogP contribution in [0.1, 0.15) is 45.1 Å². The molecule has 0 amide bonds. The van der Waals surface area contributed by atoms with Gasteiger partial charge in [-0.05, 0) is 54.2 Å². The summed E-state index contributed by atoms with van der Waals surface area (Å²) in [5.41, 5.74) is 0.219. The fourth-order valence-electron chi connectivity index (χ4n) is 3.54. The van der Waals surface area contributed by atoms with Crippen molar-refractivity contribution >= 4 is 21.7 Å². The largest absolute Gasteiger partial charge is 0.508 e. The molecule has 0 atom stereocenters. The fourth-order valence-corrected chi connectivity index (χ4v) is 3.54. The molecule has 0 saturated heterocycles.